The second-order valence-electron chi connectivity index (χ2n) is 7.73. The van der Waals surface area contributed by atoms with E-state index < -0.39 is 0 Å². The van der Waals surface area contributed by atoms with Gasteiger partial charge in [-0.15, -0.1) is 0 Å². The van der Waals surface area contributed by atoms with Crippen molar-refractivity contribution in [2.45, 2.75) is 75.9 Å². The molecule has 20 heavy (non-hydrogen) atoms. The summed E-state index contributed by atoms with van der Waals surface area (Å²) in [6, 6.07) is 0.639. The maximum atomic E-state index is 5.32. The zero-order valence-electron chi connectivity index (χ0n) is 13.6. The quantitative estimate of drug-likeness (QED) is 0.838. The summed E-state index contributed by atoms with van der Waals surface area (Å²) in [5.74, 6) is 0.916. The van der Waals surface area contributed by atoms with Gasteiger partial charge in [0.1, 0.15) is 0 Å². The van der Waals surface area contributed by atoms with Gasteiger partial charge in [0, 0.05) is 43.9 Å². The second kappa shape index (κ2) is 5.58. The SMILES string of the molecule is COCCC(C)N1CC2(CCCC2)NCC1(C)C1CC1. The number of methoxy groups -OCH3 is 1. The maximum Gasteiger partial charge on any atom is 0.0477 e. The fourth-order valence-electron chi connectivity index (χ4n) is 4.60. The van der Waals surface area contributed by atoms with E-state index in [0.29, 0.717) is 17.1 Å². The number of rotatable bonds is 5. The van der Waals surface area contributed by atoms with Crippen molar-refractivity contribution >= 4 is 0 Å². The predicted molar refractivity (Wildman–Crippen MR) is 83.0 cm³/mol. The van der Waals surface area contributed by atoms with Crippen LogP contribution in [0.3, 0.4) is 0 Å². The highest BCUT2D eigenvalue weighted by atomic mass is 16.5. The molecule has 116 valence electrons. The Kier molecular flexibility index (Phi) is 4.13. The molecule has 2 aliphatic carbocycles. The standard InChI is InChI=1S/C17H32N2O/c1-14(8-11-20-3)19-13-17(9-4-5-10-17)18-12-16(19,2)15-6-7-15/h14-15,18H,4-13H2,1-3H3. The number of nitrogens with zero attached hydrogens (tertiary/aromatic N) is 1. The highest BCUT2D eigenvalue weighted by molar-refractivity contribution is 5.11. The first-order chi connectivity index (χ1) is 9.60. The van der Waals surface area contributed by atoms with Crippen LogP contribution in [0.1, 0.15) is 58.8 Å². The summed E-state index contributed by atoms with van der Waals surface area (Å²) in [7, 11) is 1.82. The van der Waals surface area contributed by atoms with Gasteiger partial charge in [-0.1, -0.05) is 12.8 Å². The van der Waals surface area contributed by atoms with E-state index in [2.05, 4.69) is 24.1 Å². The van der Waals surface area contributed by atoms with Gasteiger partial charge in [0.15, 0.2) is 0 Å². The van der Waals surface area contributed by atoms with Crippen molar-refractivity contribution in [2.75, 3.05) is 26.8 Å². The lowest BCUT2D eigenvalue weighted by Gasteiger charge is -2.55. The van der Waals surface area contributed by atoms with Crippen molar-refractivity contribution in [3.05, 3.63) is 0 Å². The van der Waals surface area contributed by atoms with Gasteiger partial charge in [0.2, 0.25) is 0 Å². The molecule has 1 spiro atoms. The molecule has 0 bridgehead atoms. The number of nitrogens with one attached hydrogen (secondary N) is 1. The summed E-state index contributed by atoms with van der Waals surface area (Å²) in [5, 5.41) is 3.97. The Bertz CT molecular complexity index is 336. The first-order valence-electron chi connectivity index (χ1n) is 8.60. The van der Waals surface area contributed by atoms with Gasteiger partial charge in [-0.25, -0.2) is 0 Å². The molecule has 0 aromatic rings. The van der Waals surface area contributed by atoms with E-state index in [1.165, 1.54) is 51.6 Å². The molecule has 3 heteroatoms. The zero-order valence-corrected chi connectivity index (χ0v) is 13.6. The number of piperazine rings is 1. The van der Waals surface area contributed by atoms with Crippen LogP contribution in [0, 0.1) is 5.92 Å². The number of hydrogen-bond donors (Lipinski definition) is 1. The molecule has 3 aliphatic rings. The van der Waals surface area contributed by atoms with E-state index in [0.717, 1.165) is 18.9 Å². The van der Waals surface area contributed by atoms with Crippen molar-refractivity contribution in [2.24, 2.45) is 5.92 Å². The van der Waals surface area contributed by atoms with Gasteiger partial charge in [-0.05, 0) is 51.9 Å². The molecule has 2 unspecified atom stereocenters. The minimum Gasteiger partial charge on any atom is -0.385 e. The van der Waals surface area contributed by atoms with Gasteiger partial charge in [0.05, 0.1) is 0 Å². The summed E-state index contributed by atoms with van der Waals surface area (Å²) in [5.41, 5.74) is 0.802. The van der Waals surface area contributed by atoms with Gasteiger partial charge in [-0.3, -0.25) is 4.90 Å². The average Bonchev–Trinajstić information content (AvgIpc) is 3.22. The molecule has 3 nitrogen and oxygen atoms in total. The molecule has 0 radical (unpaired) electrons. The van der Waals surface area contributed by atoms with Crippen LogP contribution in [0.15, 0.2) is 0 Å². The Balaban J connectivity index is 1.74. The molecular weight excluding hydrogens is 248 g/mol. The van der Waals surface area contributed by atoms with Crippen molar-refractivity contribution < 1.29 is 4.74 Å². The first kappa shape index (κ1) is 14.8. The molecule has 1 aliphatic heterocycles. The molecule has 1 saturated heterocycles. The molecular formula is C17H32N2O. The van der Waals surface area contributed by atoms with Gasteiger partial charge in [-0.2, -0.15) is 0 Å². The predicted octanol–water partition coefficient (Wildman–Crippen LogP) is 2.80. The van der Waals surface area contributed by atoms with Gasteiger partial charge in [0.25, 0.3) is 0 Å². The molecule has 0 amide bonds. The van der Waals surface area contributed by atoms with E-state index in [-0.39, 0.29) is 0 Å². The third kappa shape index (κ3) is 2.65. The molecule has 1 N–H and O–H groups in total. The Morgan fingerprint density at radius 1 is 1.30 bits per heavy atom. The molecule has 0 aromatic carbocycles. The van der Waals surface area contributed by atoms with E-state index >= 15 is 0 Å². The molecule has 3 rings (SSSR count). The smallest absolute Gasteiger partial charge is 0.0477 e. The molecule has 2 atom stereocenters. The van der Waals surface area contributed by atoms with E-state index in [9.17, 15) is 0 Å². The third-order valence-corrected chi connectivity index (χ3v) is 6.24. The molecule has 2 saturated carbocycles. The van der Waals surface area contributed by atoms with Crippen LogP contribution in [0.2, 0.25) is 0 Å². The summed E-state index contributed by atoms with van der Waals surface area (Å²) in [6.07, 6.45) is 9.59. The number of hydrogen-bond acceptors (Lipinski definition) is 3. The van der Waals surface area contributed by atoms with Crippen LogP contribution < -0.4 is 5.32 Å². The molecule has 0 aromatic heterocycles. The molecule has 1 heterocycles. The molecule has 3 fully saturated rings. The maximum absolute atomic E-state index is 5.32. The first-order valence-corrected chi connectivity index (χ1v) is 8.60. The minimum atomic E-state index is 0.376. The zero-order chi connectivity index (χ0) is 14.2. The largest absolute Gasteiger partial charge is 0.385 e. The van der Waals surface area contributed by atoms with Crippen molar-refractivity contribution in [1.29, 1.82) is 0 Å². The van der Waals surface area contributed by atoms with Gasteiger partial charge < -0.3 is 10.1 Å². The van der Waals surface area contributed by atoms with Crippen molar-refractivity contribution in [1.82, 2.24) is 10.2 Å². The lowest BCUT2D eigenvalue weighted by molar-refractivity contribution is -0.0314. The average molecular weight is 280 g/mol. The number of ether oxygens (including phenoxy) is 1. The summed E-state index contributed by atoms with van der Waals surface area (Å²) >= 11 is 0. The van der Waals surface area contributed by atoms with Gasteiger partial charge >= 0.3 is 0 Å². The summed E-state index contributed by atoms with van der Waals surface area (Å²) < 4.78 is 5.32. The third-order valence-electron chi connectivity index (χ3n) is 6.24. The monoisotopic (exact) mass is 280 g/mol. The highest BCUT2D eigenvalue weighted by Gasteiger charge is 2.53. The van der Waals surface area contributed by atoms with E-state index in [4.69, 9.17) is 4.74 Å². The van der Waals surface area contributed by atoms with E-state index in [1.54, 1.807) is 0 Å². The van der Waals surface area contributed by atoms with Crippen LogP contribution in [0.5, 0.6) is 0 Å². The van der Waals surface area contributed by atoms with Crippen molar-refractivity contribution in [3.63, 3.8) is 0 Å². The Labute approximate surface area is 124 Å². The Morgan fingerprint density at radius 2 is 2.00 bits per heavy atom. The van der Waals surface area contributed by atoms with E-state index in [1.807, 2.05) is 7.11 Å². The van der Waals surface area contributed by atoms with Crippen molar-refractivity contribution in [3.8, 4) is 0 Å². The summed E-state index contributed by atoms with van der Waals surface area (Å²) in [4.78, 5) is 2.85. The normalized spacial score (nSPS) is 35.5. The van der Waals surface area contributed by atoms with Crippen LogP contribution in [-0.4, -0.2) is 48.8 Å². The fraction of sp³-hybridized carbons (Fsp3) is 1.00. The van der Waals surface area contributed by atoms with Crippen LogP contribution in [0.25, 0.3) is 0 Å². The highest BCUT2D eigenvalue weighted by Crippen LogP contribution is 2.47. The Hall–Kier alpha value is -0.120. The van der Waals surface area contributed by atoms with Crippen LogP contribution in [0.4, 0.5) is 0 Å². The van der Waals surface area contributed by atoms with Crippen LogP contribution >= 0.6 is 0 Å². The second-order valence-corrected chi connectivity index (χ2v) is 7.73. The minimum absolute atomic E-state index is 0.376. The summed E-state index contributed by atoms with van der Waals surface area (Å²) in [6.45, 7) is 8.25. The lowest BCUT2D eigenvalue weighted by Crippen LogP contribution is -2.70. The van der Waals surface area contributed by atoms with Crippen LogP contribution in [-0.2, 0) is 4.74 Å². The fourth-order valence-corrected chi connectivity index (χ4v) is 4.60. The Morgan fingerprint density at radius 3 is 2.60 bits per heavy atom. The topological polar surface area (TPSA) is 24.5 Å². The lowest BCUT2D eigenvalue weighted by atomic mass is 9.82.